The number of hydrogen-bond acceptors (Lipinski definition) is 4. The second-order valence-corrected chi connectivity index (χ2v) is 1.66. The molecule has 0 N–H and O–H groups in total. The van der Waals surface area contributed by atoms with E-state index in [1.54, 1.807) is 0 Å². The van der Waals surface area contributed by atoms with E-state index in [0.29, 0.717) is 13.1 Å². The van der Waals surface area contributed by atoms with E-state index in [0.717, 1.165) is 6.42 Å². The first-order valence-electron chi connectivity index (χ1n) is 2.49. The lowest BCUT2D eigenvalue weighted by atomic mass is 10.4. The molecule has 0 radical (unpaired) electrons. The summed E-state index contributed by atoms with van der Waals surface area (Å²) in [6.07, 6.45) is 0.868. The molecular formula is C5H6N2S2. The van der Waals surface area contributed by atoms with Gasteiger partial charge in [0.05, 0.1) is 23.4 Å². The van der Waals surface area contributed by atoms with Gasteiger partial charge in [-0.3, -0.25) is 0 Å². The molecule has 0 amide bonds. The Morgan fingerprint density at radius 2 is 1.44 bits per heavy atom. The Bertz CT molecular complexity index is 136. The molecule has 0 bridgehead atoms. The molecule has 4 heteroatoms. The molecule has 0 rings (SSSR count). The van der Waals surface area contributed by atoms with E-state index < -0.39 is 0 Å². The Hall–Kier alpha value is -0.400. The van der Waals surface area contributed by atoms with Gasteiger partial charge in [-0.25, -0.2) is 9.98 Å². The molecule has 0 unspecified atom stereocenters. The first kappa shape index (κ1) is 8.60. The van der Waals surface area contributed by atoms with Crippen molar-refractivity contribution in [2.45, 2.75) is 6.42 Å². The molecule has 48 valence electrons. The van der Waals surface area contributed by atoms with Crippen molar-refractivity contribution in [2.24, 2.45) is 9.98 Å². The predicted octanol–water partition coefficient (Wildman–Crippen LogP) is 1.58. The van der Waals surface area contributed by atoms with Crippen LogP contribution in [-0.4, -0.2) is 23.4 Å². The smallest absolute Gasteiger partial charge is 0.0584 e. The maximum atomic E-state index is 4.35. The predicted molar refractivity (Wildman–Crippen MR) is 44.4 cm³/mol. The third kappa shape index (κ3) is 7.60. The normalized spacial score (nSPS) is 7.11. The molecule has 0 aliphatic rings. The van der Waals surface area contributed by atoms with Crippen LogP contribution in [0.5, 0.6) is 0 Å². The van der Waals surface area contributed by atoms with Crippen LogP contribution in [0.25, 0.3) is 0 Å². The topological polar surface area (TPSA) is 24.7 Å². The molecule has 0 saturated carbocycles. The molecule has 0 atom stereocenters. The van der Waals surface area contributed by atoms with Gasteiger partial charge in [0.2, 0.25) is 0 Å². The van der Waals surface area contributed by atoms with Crippen molar-refractivity contribution in [3.05, 3.63) is 0 Å². The molecule has 2 nitrogen and oxygen atoms in total. The maximum absolute atomic E-state index is 4.35. The Balaban J connectivity index is 3.09. The van der Waals surface area contributed by atoms with E-state index in [-0.39, 0.29) is 0 Å². The second-order valence-electron chi connectivity index (χ2n) is 1.30. The summed E-state index contributed by atoms with van der Waals surface area (Å²) in [4.78, 5) is 7.37. The molecule has 0 aromatic heterocycles. The van der Waals surface area contributed by atoms with Crippen molar-refractivity contribution in [3.63, 3.8) is 0 Å². The zero-order valence-corrected chi connectivity index (χ0v) is 6.47. The van der Waals surface area contributed by atoms with Crippen LogP contribution in [0.1, 0.15) is 6.42 Å². The summed E-state index contributed by atoms with van der Waals surface area (Å²) >= 11 is 8.69. The van der Waals surface area contributed by atoms with Gasteiger partial charge >= 0.3 is 0 Å². The lowest BCUT2D eigenvalue weighted by molar-refractivity contribution is 0.854. The standard InChI is InChI=1S/C5H6N2S2/c8-4-6-2-1-3-7-5-9/h1-3H2. The molecule has 0 aromatic rings. The average Bonchev–Trinajstić information content (AvgIpc) is 1.89. The van der Waals surface area contributed by atoms with E-state index in [1.165, 1.54) is 0 Å². The van der Waals surface area contributed by atoms with E-state index in [9.17, 15) is 0 Å². The fourth-order valence-corrected chi connectivity index (χ4v) is 0.503. The molecule has 0 aromatic carbocycles. The number of aliphatic imine (C=N–C) groups is 2. The number of hydrogen-bond donors (Lipinski definition) is 0. The summed E-state index contributed by atoms with van der Waals surface area (Å²) in [5, 5.41) is 4.53. The Kier molecular flexibility index (Phi) is 7.26. The molecule has 9 heavy (non-hydrogen) atoms. The van der Waals surface area contributed by atoms with Gasteiger partial charge in [0, 0.05) is 0 Å². The fraction of sp³-hybridized carbons (Fsp3) is 0.600. The van der Waals surface area contributed by atoms with Crippen molar-refractivity contribution in [1.82, 2.24) is 0 Å². The summed E-state index contributed by atoms with van der Waals surface area (Å²) in [6.45, 7) is 1.37. The van der Waals surface area contributed by atoms with Crippen LogP contribution < -0.4 is 0 Å². The molecule has 0 fully saturated rings. The molecular weight excluding hydrogens is 152 g/mol. The highest BCUT2D eigenvalue weighted by Crippen LogP contribution is 1.79. The molecule has 0 saturated heterocycles. The third-order valence-electron chi connectivity index (χ3n) is 0.669. The summed E-state index contributed by atoms with van der Waals surface area (Å²) in [6, 6.07) is 0. The van der Waals surface area contributed by atoms with Crippen LogP contribution in [0.15, 0.2) is 9.98 Å². The van der Waals surface area contributed by atoms with Gasteiger partial charge in [0.1, 0.15) is 0 Å². The highest BCUT2D eigenvalue weighted by molar-refractivity contribution is 7.78. The Morgan fingerprint density at radius 1 is 1.00 bits per heavy atom. The van der Waals surface area contributed by atoms with Crippen molar-refractivity contribution in [1.29, 1.82) is 0 Å². The van der Waals surface area contributed by atoms with Gasteiger partial charge in [-0.05, 0) is 30.9 Å². The van der Waals surface area contributed by atoms with Gasteiger partial charge in [-0.15, -0.1) is 0 Å². The SMILES string of the molecule is S=C=NCCCN=C=S. The molecule has 0 aliphatic heterocycles. The van der Waals surface area contributed by atoms with Crippen molar-refractivity contribution in [3.8, 4) is 0 Å². The summed E-state index contributed by atoms with van der Waals surface area (Å²) in [5.74, 6) is 0. The lowest BCUT2D eigenvalue weighted by Crippen LogP contribution is -1.83. The summed E-state index contributed by atoms with van der Waals surface area (Å²) < 4.78 is 0. The number of isothiocyanates is 2. The van der Waals surface area contributed by atoms with Crippen LogP contribution in [0.2, 0.25) is 0 Å². The molecule has 0 spiro atoms. The zero-order valence-electron chi connectivity index (χ0n) is 4.83. The molecule has 0 aliphatic carbocycles. The second kappa shape index (κ2) is 7.60. The van der Waals surface area contributed by atoms with Crippen LogP contribution in [-0.2, 0) is 0 Å². The summed E-state index contributed by atoms with van der Waals surface area (Å²) in [5.41, 5.74) is 0. The minimum absolute atomic E-state index is 0.685. The largest absolute Gasteiger partial charge is 0.232 e. The van der Waals surface area contributed by atoms with Crippen molar-refractivity contribution >= 4 is 34.8 Å². The highest BCUT2D eigenvalue weighted by Gasteiger charge is 1.78. The first-order valence-corrected chi connectivity index (χ1v) is 3.30. The Labute approximate surface area is 64.7 Å². The van der Waals surface area contributed by atoms with Crippen LogP contribution in [0.3, 0.4) is 0 Å². The Morgan fingerprint density at radius 3 is 1.78 bits per heavy atom. The third-order valence-corrected chi connectivity index (χ3v) is 0.927. The van der Waals surface area contributed by atoms with E-state index in [2.05, 4.69) is 44.7 Å². The molecule has 0 heterocycles. The zero-order chi connectivity index (χ0) is 6.95. The van der Waals surface area contributed by atoms with Crippen LogP contribution >= 0.6 is 24.4 Å². The van der Waals surface area contributed by atoms with E-state index in [1.807, 2.05) is 0 Å². The number of thiocarbonyl (C=S) groups is 2. The van der Waals surface area contributed by atoms with Crippen LogP contribution in [0.4, 0.5) is 0 Å². The average molecular weight is 158 g/mol. The van der Waals surface area contributed by atoms with Gasteiger partial charge in [-0.1, -0.05) is 0 Å². The first-order chi connectivity index (χ1) is 4.41. The minimum Gasteiger partial charge on any atom is -0.232 e. The number of rotatable bonds is 4. The van der Waals surface area contributed by atoms with Crippen molar-refractivity contribution < 1.29 is 0 Å². The monoisotopic (exact) mass is 158 g/mol. The van der Waals surface area contributed by atoms with Gasteiger partial charge < -0.3 is 0 Å². The van der Waals surface area contributed by atoms with Crippen molar-refractivity contribution in [2.75, 3.05) is 13.1 Å². The van der Waals surface area contributed by atoms with E-state index >= 15 is 0 Å². The summed E-state index contributed by atoms with van der Waals surface area (Å²) in [7, 11) is 0. The van der Waals surface area contributed by atoms with E-state index in [4.69, 9.17) is 0 Å². The quantitative estimate of drug-likeness (QED) is 0.352. The number of nitrogens with zero attached hydrogens (tertiary/aromatic N) is 2. The minimum atomic E-state index is 0.685. The maximum Gasteiger partial charge on any atom is 0.0584 e. The fourth-order valence-electron chi connectivity index (χ4n) is 0.320. The van der Waals surface area contributed by atoms with Gasteiger partial charge in [-0.2, -0.15) is 0 Å². The van der Waals surface area contributed by atoms with Crippen LogP contribution in [0, 0.1) is 0 Å². The van der Waals surface area contributed by atoms with Gasteiger partial charge in [0.15, 0.2) is 0 Å². The van der Waals surface area contributed by atoms with Gasteiger partial charge in [0.25, 0.3) is 0 Å². The lowest BCUT2D eigenvalue weighted by Gasteiger charge is -1.83. The highest BCUT2D eigenvalue weighted by atomic mass is 32.1.